The zero-order chi connectivity index (χ0) is 27.2. The number of morpholine rings is 1. The van der Waals surface area contributed by atoms with Crippen molar-refractivity contribution in [2.24, 2.45) is 0 Å². The number of amides is 1. The first-order valence-corrected chi connectivity index (χ1v) is 13.4. The van der Waals surface area contributed by atoms with E-state index in [0.717, 1.165) is 19.6 Å². The molecule has 10 nitrogen and oxygen atoms in total. The monoisotopic (exact) mass is 559 g/mol. The molecular formula is C27H31ClFN5O5. The number of likely N-dealkylation sites (tertiary alicyclic amines) is 1. The second kappa shape index (κ2) is 12.7. The number of nitrogens with one attached hydrogen (secondary N) is 1. The van der Waals surface area contributed by atoms with Gasteiger partial charge in [0.25, 0.3) is 0 Å². The summed E-state index contributed by atoms with van der Waals surface area (Å²) in [7, 11) is 0. The van der Waals surface area contributed by atoms with Crippen LogP contribution >= 0.6 is 11.6 Å². The summed E-state index contributed by atoms with van der Waals surface area (Å²) in [6.07, 6.45) is 2.56. The first kappa shape index (κ1) is 27.3. The van der Waals surface area contributed by atoms with Crippen LogP contribution in [0.15, 0.2) is 36.7 Å². The van der Waals surface area contributed by atoms with Gasteiger partial charge in [0.1, 0.15) is 37.3 Å². The molecule has 3 heterocycles. The Balaban J connectivity index is 1.38. The number of nitrogens with zero attached hydrogens (tertiary/aromatic N) is 4. The van der Waals surface area contributed by atoms with Gasteiger partial charge in [0.15, 0.2) is 11.5 Å². The van der Waals surface area contributed by atoms with Gasteiger partial charge in [-0.15, -0.1) is 0 Å². The molecule has 0 radical (unpaired) electrons. The summed E-state index contributed by atoms with van der Waals surface area (Å²) < 4.78 is 31.7. The van der Waals surface area contributed by atoms with Gasteiger partial charge in [0.2, 0.25) is 5.91 Å². The van der Waals surface area contributed by atoms with Gasteiger partial charge in [-0.2, -0.15) is 0 Å². The molecule has 0 saturated carbocycles. The molecule has 1 amide bonds. The van der Waals surface area contributed by atoms with Crippen molar-refractivity contribution >= 4 is 39.9 Å². The maximum atomic E-state index is 13.7. The highest BCUT2D eigenvalue weighted by atomic mass is 35.5. The Morgan fingerprint density at radius 2 is 1.92 bits per heavy atom. The number of halogens is 2. The molecule has 2 fully saturated rings. The fourth-order valence-corrected chi connectivity index (χ4v) is 4.87. The van der Waals surface area contributed by atoms with E-state index in [9.17, 15) is 9.18 Å². The summed E-state index contributed by atoms with van der Waals surface area (Å²) in [5.74, 6) is 0.845. The summed E-state index contributed by atoms with van der Waals surface area (Å²) in [6.45, 7) is 4.91. The zero-order valence-corrected chi connectivity index (χ0v) is 22.2. The van der Waals surface area contributed by atoms with Gasteiger partial charge in [-0.25, -0.2) is 14.4 Å². The first-order valence-electron chi connectivity index (χ1n) is 13.0. The van der Waals surface area contributed by atoms with Crippen molar-refractivity contribution < 1.29 is 28.5 Å². The summed E-state index contributed by atoms with van der Waals surface area (Å²) in [6, 6.07) is 8.04. The van der Waals surface area contributed by atoms with E-state index in [1.165, 1.54) is 18.5 Å². The molecule has 1 aromatic heterocycles. The van der Waals surface area contributed by atoms with E-state index in [1.54, 1.807) is 11.0 Å². The number of fused-ring (bicyclic) bond motifs is 1. The number of benzene rings is 2. The molecule has 2 saturated heterocycles. The predicted octanol–water partition coefficient (Wildman–Crippen LogP) is 3.24. The van der Waals surface area contributed by atoms with Crippen LogP contribution in [0.5, 0.6) is 11.5 Å². The van der Waals surface area contributed by atoms with E-state index in [0.29, 0.717) is 79.7 Å². The van der Waals surface area contributed by atoms with E-state index in [2.05, 4.69) is 20.2 Å². The lowest BCUT2D eigenvalue weighted by Gasteiger charge is -2.32. The van der Waals surface area contributed by atoms with Gasteiger partial charge < -0.3 is 29.5 Å². The van der Waals surface area contributed by atoms with Crippen LogP contribution in [0.4, 0.5) is 15.9 Å². The third-order valence-electron chi connectivity index (χ3n) is 6.88. The van der Waals surface area contributed by atoms with E-state index in [1.807, 2.05) is 12.1 Å². The average Bonchev–Trinajstić information content (AvgIpc) is 2.96. The number of aliphatic hydroxyl groups is 1. The lowest BCUT2D eigenvalue weighted by molar-refractivity contribution is -0.135. The number of rotatable bonds is 9. The molecule has 2 aliphatic heterocycles. The standard InChI is InChI=1S/C27H31ClFN5O5/c28-21-13-18(1-2-22(21)29)32-27-20-14-25(39-19-3-5-34(6-4-19)26(36)16-35)24(15-23(20)30-17-31-27)38-12-9-33-7-10-37-11-8-33/h1-2,13-15,17,19,35H,3-12,16H2,(H,30,31,32). The quantitative estimate of drug-likeness (QED) is 0.408. The van der Waals surface area contributed by atoms with Crippen LogP contribution in [-0.2, 0) is 9.53 Å². The van der Waals surface area contributed by atoms with Crippen LogP contribution in [0.2, 0.25) is 5.02 Å². The van der Waals surface area contributed by atoms with Crippen molar-refractivity contribution in [1.82, 2.24) is 19.8 Å². The van der Waals surface area contributed by atoms with Crippen LogP contribution in [0.25, 0.3) is 10.9 Å². The van der Waals surface area contributed by atoms with Gasteiger partial charge in [-0.05, 0) is 24.3 Å². The Labute approximate surface area is 230 Å². The van der Waals surface area contributed by atoms with Crippen LogP contribution in [-0.4, -0.2) is 96.0 Å². The molecule has 0 bridgehead atoms. The molecule has 0 unspecified atom stereocenters. The van der Waals surface area contributed by atoms with Gasteiger partial charge >= 0.3 is 0 Å². The third-order valence-corrected chi connectivity index (χ3v) is 7.17. The molecular weight excluding hydrogens is 529 g/mol. The van der Waals surface area contributed by atoms with Gasteiger partial charge in [0.05, 0.1) is 23.8 Å². The van der Waals surface area contributed by atoms with E-state index >= 15 is 0 Å². The smallest absolute Gasteiger partial charge is 0.248 e. The van der Waals surface area contributed by atoms with E-state index in [-0.39, 0.29) is 17.0 Å². The number of ether oxygens (including phenoxy) is 3. The maximum absolute atomic E-state index is 13.7. The number of carbonyl (C=O) groups is 1. The van der Waals surface area contributed by atoms with Gasteiger partial charge in [0, 0.05) is 62.7 Å². The van der Waals surface area contributed by atoms with Crippen molar-refractivity contribution in [1.29, 1.82) is 0 Å². The molecule has 3 aromatic rings. The number of hydrogen-bond donors (Lipinski definition) is 2. The Morgan fingerprint density at radius 1 is 1.13 bits per heavy atom. The van der Waals surface area contributed by atoms with Crippen LogP contribution in [0, 0.1) is 5.82 Å². The minimum Gasteiger partial charge on any atom is -0.488 e. The van der Waals surface area contributed by atoms with Crippen LogP contribution in [0.3, 0.4) is 0 Å². The van der Waals surface area contributed by atoms with Crippen LogP contribution in [0.1, 0.15) is 12.8 Å². The lowest BCUT2D eigenvalue weighted by atomic mass is 10.1. The molecule has 12 heteroatoms. The molecule has 2 aromatic carbocycles. The average molecular weight is 560 g/mol. The SMILES string of the molecule is O=C(CO)N1CCC(Oc2cc3c(Nc4ccc(F)c(Cl)c4)ncnc3cc2OCCN2CCOCC2)CC1. The predicted molar refractivity (Wildman–Crippen MR) is 144 cm³/mol. The van der Waals surface area contributed by atoms with Crippen LogP contribution < -0.4 is 14.8 Å². The van der Waals surface area contributed by atoms with Crippen molar-refractivity contribution in [3.05, 3.63) is 47.5 Å². The topological polar surface area (TPSA) is 109 Å². The molecule has 2 aliphatic rings. The van der Waals surface area contributed by atoms with Crippen molar-refractivity contribution in [3.8, 4) is 11.5 Å². The second-order valence-electron chi connectivity index (χ2n) is 9.45. The largest absolute Gasteiger partial charge is 0.488 e. The molecule has 2 N–H and O–H groups in total. The van der Waals surface area contributed by atoms with Gasteiger partial charge in [-0.3, -0.25) is 9.69 Å². The molecule has 208 valence electrons. The van der Waals surface area contributed by atoms with E-state index < -0.39 is 12.4 Å². The number of carbonyl (C=O) groups excluding carboxylic acids is 1. The second-order valence-corrected chi connectivity index (χ2v) is 9.86. The fourth-order valence-electron chi connectivity index (χ4n) is 4.69. The highest BCUT2D eigenvalue weighted by Gasteiger charge is 2.25. The summed E-state index contributed by atoms with van der Waals surface area (Å²) >= 11 is 5.96. The highest BCUT2D eigenvalue weighted by molar-refractivity contribution is 6.31. The van der Waals surface area contributed by atoms with Crippen molar-refractivity contribution in [2.75, 3.05) is 64.5 Å². The summed E-state index contributed by atoms with van der Waals surface area (Å²) in [5.41, 5.74) is 1.23. The molecule has 0 spiro atoms. The Morgan fingerprint density at radius 3 is 2.67 bits per heavy atom. The number of hydrogen-bond acceptors (Lipinski definition) is 9. The van der Waals surface area contributed by atoms with Crippen molar-refractivity contribution in [2.45, 2.75) is 18.9 Å². The minimum absolute atomic E-state index is 0.00404. The normalized spacial score (nSPS) is 16.8. The molecule has 0 atom stereocenters. The van der Waals surface area contributed by atoms with Gasteiger partial charge in [-0.1, -0.05) is 11.6 Å². The van der Waals surface area contributed by atoms with Crippen molar-refractivity contribution in [3.63, 3.8) is 0 Å². The Kier molecular flexibility index (Phi) is 8.92. The number of anilines is 2. The van der Waals surface area contributed by atoms with E-state index in [4.69, 9.17) is 30.9 Å². The molecule has 0 aliphatic carbocycles. The first-order chi connectivity index (χ1) is 19.0. The summed E-state index contributed by atoms with van der Waals surface area (Å²) in [4.78, 5) is 24.6. The minimum atomic E-state index is -0.504. The Bertz CT molecular complexity index is 1300. The maximum Gasteiger partial charge on any atom is 0.248 e. The molecule has 5 rings (SSSR count). The third kappa shape index (κ3) is 6.85. The Hall–Kier alpha value is -3.25. The fraction of sp³-hybridized carbons (Fsp3) is 0.444. The highest BCUT2D eigenvalue weighted by Crippen LogP contribution is 2.37. The summed E-state index contributed by atoms with van der Waals surface area (Å²) in [5, 5.41) is 13.1. The zero-order valence-electron chi connectivity index (χ0n) is 21.4. The number of piperidine rings is 1. The lowest BCUT2D eigenvalue weighted by Crippen LogP contribution is -2.43. The molecule has 39 heavy (non-hydrogen) atoms. The number of aliphatic hydroxyl groups excluding tert-OH is 1. The number of aromatic nitrogens is 2.